The van der Waals surface area contributed by atoms with Gasteiger partial charge < -0.3 is 23.1 Å². The maximum Gasteiger partial charge on any atom is 0.403 e. The minimum absolute atomic E-state index is 0.211. The molecule has 2 rings (SSSR count). The number of ether oxygens (including phenoxy) is 3. The zero-order valence-corrected chi connectivity index (χ0v) is 12.9. The summed E-state index contributed by atoms with van der Waals surface area (Å²) in [5.74, 6) is 0. The standard InChI is InChI=1S/C12H24O5Si/c1-6-8-11-10(17-11)7-9-18(15-4,16-5)12(11,13-2)14-3/h10H,6-9H2,1-5H3. The molecule has 0 N–H and O–H groups in total. The van der Waals surface area contributed by atoms with Crippen LogP contribution in [0.4, 0.5) is 0 Å². The highest BCUT2D eigenvalue weighted by Crippen LogP contribution is 2.60. The van der Waals surface area contributed by atoms with Gasteiger partial charge in [0, 0.05) is 28.4 Å². The predicted octanol–water partition coefficient (Wildman–Crippen LogP) is 1.59. The third-order valence-electron chi connectivity index (χ3n) is 4.47. The van der Waals surface area contributed by atoms with E-state index in [-0.39, 0.29) is 11.7 Å². The van der Waals surface area contributed by atoms with Crippen molar-refractivity contribution >= 4 is 8.56 Å². The summed E-state index contributed by atoms with van der Waals surface area (Å²) >= 11 is 0. The Labute approximate surface area is 110 Å². The molecule has 0 aromatic carbocycles. The van der Waals surface area contributed by atoms with E-state index in [1.165, 1.54) is 0 Å². The summed E-state index contributed by atoms with van der Waals surface area (Å²) in [7, 11) is 4.08. The second-order valence-corrected chi connectivity index (χ2v) is 8.45. The van der Waals surface area contributed by atoms with E-state index in [9.17, 15) is 0 Å². The van der Waals surface area contributed by atoms with E-state index in [0.29, 0.717) is 0 Å². The fourth-order valence-corrected chi connectivity index (χ4v) is 7.36. The topological polar surface area (TPSA) is 49.5 Å². The van der Waals surface area contributed by atoms with Crippen LogP contribution in [0.5, 0.6) is 0 Å². The van der Waals surface area contributed by atoms with E-state index in [0.717, 1.165) is 25.3 Å². The highest BCUT2D eigenvalue weighted by Gasteiger charge is 2.82. The van der Waals surface area contributed by atoms with E-state index < -0.39 is 14.0 Å². The van der Waals surface area contributed by atoms with Crippen LogP contribution < -0.4 is 0 Å². The quantitative estimate of drug-likeness (QED) is 0.419. The Bertz CT molecular complexity index is 303. The lowest BCUT2D eigenvalue weighted by molar-refractivity contribution is -0.216. The van der Waals surface area contributed by atoms with Gasteiger partial charge in [0.25, 0.3) is 0 Å². The van der Waals surface area contributed by atoms with Crippen LogP contribution in [0.3, 0.4) is 0 Å². The fourth-order valence-electron chi connectivity index (χ4n) is 3.66. The van der Waals surface area contributed by atoms with Gasteiger partial charge in [0.2, 0.25) is 5.41 Å². The molecule has 2 fully saturated rings. The molecule has 2 aliphatic rings. The Kier molecular flexibility index (Phi) is 3.88. The van der Waals surface area contributed by atoms with Crippen LogP contribution in [-0.4, -0.2) is 54.1 Å². The zero-order chi connectivity index (χ0) is 13.4. The molecule has 2 saturated heterocycles. The molecule has 0 aromatic rings. The first-order valence-electron chi connectivity index (χ1n) is 6.50. The second-order valence-electron chi connectivity index (χ2n) is 4.97. The first kappa shape index (κ1) is 14.4. The van der Waals surface area contributed by atoms with Crippen LogP contribution >= 0.6 is 0 Å². The van der Waals surface area contributed by atoms with Crippen molar-refractivity contribution in [3.8, 4) is 0 Å². The molecule has 0 aliphatic carbocycles. The van der Waals surface area contributed by atoms with E-state index in [1.54, 1.807) is 28.4 Å². The molecule has 0 saturated carbocycles. The first-order valence-corrected chi connectivity index (χ1v) is 8.52. The van der Waals surface area contributed by atoms with Crippen molar-refractivity contribution in [1.82, 2.24) is 0 Å². The summed E-state index contributed by atoms with van der Waals surface area (Å²) in [6, 6.07) is 0.831. The average molecular weight is 276 g/mol. The van der Waals surface area contributed by atoms with E-state index >= 15 is 0 Å². The van der Waals surface area contributed by atoms with Gasteiger partial charge in [-0.3, -0.25) is 0 Å². The van der Waals surface area contributed by atoms with Crippen molar-refractivity contribution in [1.29, 1.82) is 0 Å². The van der Waals surface area contributed by atoms with Crippen LogP contribution in [-0.2, 0) is 23.1 Å². The van der Waals surface area contributed by atoms with Gasteiger partial charge in [0.05, 0.1) is 6.10 Å². The maximum atomic E-state index is 5.99. The monoisotopic (exact) mass is 276 g/mol. The molecule has 2 unspecified atom stereocenters. The van der Waals surface area contributed by atoms with Gasteiger partial charge in [0.1, 0.15) is 0 Å². The lowest BCUT2D eigenvalue weighted by atomic mass is 9.96. The Morgan fingerprint density at radius 2 is 1.78 bits per heavy atom. The normalized spacial score (nSPS) is 36.2. The molecule has 0 spiro atoms. The van der Waals surface area contributed by atoms with E-state index in [4.69, 9.17) is 23.1 Å². The van der Waals surface area contributed by atoms with Crippen LogP contribution in [0.25, 0.3) is 0 Å². The smallest absolute Gasteiger partial charge is 0.394 e. The lowest BCUT2D eigenvalue weighted by Gasteiger charge is -2.48. The average Bonchev–Trinajstić information content (AvgIpc) is 3.12. The largest absolute Gasteiger partial charge is 0.403 e. The predicted molar refractivity (Wildman–Crippen MR) is 68.5 cm³/mol. The highest BCUT2D eigenvalue weighted by molar-refractivity contribution is 6.70. The number of epoxide rings is 1. The van der Waals surface area contributed by atoms with Gasteiger partial charge in [0.15, 0.2) is 5.60 Å². The SMILES string of the molecule is CCCC12OC1CC[Si](OC)(OC)C2(OC)OC. The Hall–Kier alpha value is 0.0169. The molecule has 2 aliphatic heterocycles. The van der Waals surface area contributed by atoms with Gasteiger partial charge in [-0.1, -0.05) is 13.3 Å². The minimum Gasteiger partial charge on any atom is -0.394 e. The Balaban J connectivity index is 2.44. The van der Waals surface area contributed by atoms with E-state index in [1.807, 2.05) is 0 Å². The number of methoxy groups -OCH3 is 2. The first-order chi connectivity index (χ1) is 8.62. The van der Waals surface area contributed by atoms with Crippen LogP contribution in [0.2, 0.25) is 6.04 Å². The molecule has 6 heteroatoms. The summed E-state index contributed by atoms with van der Waals surface area (Å²) < 4.78 is 29.1. The van der Waals surface area contributed by atoms with Gasteiger partial charge in [-0.15, -0.1) is 0 Å². The molecule has 18 heavy (non-hydrogen) atoms. The Morgan fingerprint density at radius 3 is 2.22 bits per heavy atom. The summed E-state index contributed by atoms with van der Waals surface area (Å²) in [6.45, 7) is 2.14. The molecule has 5 nitrogen and oxygen atoms in total. The second kappa shape index (κ2) is 4.85. The van der Waals surface area contributed by atoms with Crippen molar-refractivity contribution in [2.45, 2.75) is 49.3 Å². The third kappa shape index (κ3) is 1.50. The maximum absolute atomic E-state index is 5.99. The van der Waals surface area contributed by atoms with Crippen molar-refractivity contribution in [3.05, 3.63) is 0 Å². The van der Waals surface area contributed by atoms with Crippen LogP contribution in [0, 0.1) is 0 Å². The van der Waals surface area contributed by atoms with Gasteiger partial charge in [-0.25, -0.2) is 0 Å². The summed E-state index contributed by atoms with van der Waals surface area (Å²) in [5, 5.41) is 0. The molecular weight excluding hydrogens is 252 g/mol. The highest BCUT2D eigenvalue weighted by atomic mass is 28.4. The molecule has 106 valence electrons. The van der Waals surface area contributed by atoms with Crippen molar-refractivity contribution in [3.63, 3.8) is 0 Å². The summed E-state index contributed by atoms with van der Waals surface area (Å²) in [6.07, 6.45) is 3.09. The molecule has 0 radical (unpaired) electrons. The van der Waals surface area contributed by atoms with Crippen LogP contribution in [0.15, 0.2) is 0 Å². The molecule has 0 amide bonds. The molecule has 0 bridgehead atoms. The summed E-state index contributed by atoms with van der Waals surface area (Å²) in [5.41, 5.74) is -1.26. The van der Waals surface area contributed by atoms with E-state index in [2.05, 4.69) is 6.92 Å². The molecule has 2 atom stereocenters. The molecule has 2 heterocycles. The van der Waals surface area contributed by atoms with Gasteiger partial charge in [-0.05, 0) is 18.9 Å². The number of fused-ring (bicyclic) bond motifs is 1. The fraction of sp³-hybridized carbons (Fsp3) is 1.00. The lowest BCUT2D eigenvalue weighted by Crippen LogP contribution is -2.73. The van der Waals surface area contributed by atoms with Gasteiger partial charge in [-0.2, -0.15) is 0 Å². The molecule has 0 aromatic heterocycles. The number of rotatable bonds is 6. The van der Waals surface area contributed by atoms with Gasteiger partial charge >= 0.3 is 8.56 Å². The van der Waals surface area contributed by atoms with Crippen molar-refractivity contribution in [2.24, 2.45) is 0 Å². The number of hydrogen-bond donors (Lipinski definition) is 0. The zero-order valence-electron chi connectivity index (χ0n) is 11.9. The molecular formula is C12H24O5Si. The van der Waals surface area contributed by atoms with Crippen molar-refractivity contribution < 1.29 is 23.1 Å². The van der Waals surface area contributed by atoms with Crippen LogP contribution in [0.1, 0.15) is 26.2 Å². The minimum atomic E-state index is -2.61. The van der Waals surface area contributed by atoms with Crippen molar-refractivity contribution in [2.75, 3.05) is 28.4 Å². The Morgan fingerprint density at radius 1 is 1.17 bits per heavy atom. The number of hydrogen-bond acceptors (Lipinski definition) is 5. The third-order valence-corrected chi connectivity index (χ3v) is 8.57. The summed E-state index contributed by atoms with van der Waals surface area (Å²) in [4.78, 5) is 0.